The van der Waals surface area contributed by atoms with E-state index in [1.165, 1.54) is 19.1 Å². The van der Waals surface area contributed by atoms with E-state index >= 15 is 0 Å². The average molecular weight is 321 g/mol. The fourth-order valence-electron chi connectivity index (χ4n) is 2.21. The number of piperidine rings is 1. The summed E-state index contributed by atoms with van der Waals surface area (Å²) in [6.07, 6.45) is 1.15. The Morgan fingerprint density at radius 3 is 2.39 bits per heavy atom. The summed E-state index contributed by atoms with van der Waals surface area (Å²) >= 11 is 0. The van der Waals surface area contributed by atoms with Crippen molar-refractivity contribution in [1.29, 1.82) is 0 Å². The second-order valence-corrected chi connectivity index (χ2v) is 5.01. The van der Waals surface area contributed by atoms with E-state index in [1.807, 2.05) is 0 Å². The second-order valence-electron chi connectivity index (χ2n) is 5.01. The highest BCUT2D eigenvalue weighted by Gasteiger charge is 2.20. The number of non-ortho nitro benzene ring substituents is 1. The Kier molecular flexibility index (Phi) is 4.84. The minimum atomic E-state index is -0.701. The van der Waals surface area contributed by atoms with Gasteiger partial charge in [-0.3, -0.25) is 30.4 Å². The number of carbonyl (C=O) groups is 1. The van der Waals surface area contributed by atoms with Gasteiger partial charge in [0.2, 0.25) is 5.91 Å². The lowest BCUT2D eigenvalue weighted by Crippen LogP contribution is -2.37. The summed E-state index contributed by atoms with van der Waals surface area (Å²) in [6.45, 7) is 2.61. The van der Waals surface area contributed by atoms with E-state index in [0.29, 0.717) is 25.9 Å². The Bertz CT molecular complexity index is 677. The van der Waals surface area contributed by atoms with Crippen molar-refractivity contribution >= 4 is 28.7 Å². The first-order valence-corrected chi connectivity index (χ1v) is 6.88. The highest BCUT2D eigenvalue weighted by atomic mass is 16.6. The maximum absolute atomic E-state index is 11.2. The zero-order chi connectivity index (χ0) is 17.0. The van der Waals surface area contributed by atoms with Gasteiger partial charge in [0.15, 0.2) is 0 Å². The summed E-state index contributed by atoms with van der Waals surface area (Å²) in [4.78, 5) is 33.2. The zero-order valence-corrected chi connectivity index (χ0v) is 12.4. The Morgan fingerprint density at radius 2 is 1.87 bits per heavy atom. The number of amides is 1. The molecule has 0 spiro atoms. The smallest absolute Gasteiger partial charge is 0.301 e. The number of benzene rings is 1. The number of nitrogens with zero attached hydrogens (tertiary/aromatic N) is 4. The Morgan fingerprint density at radius 1 is 1.22 bits per heavy atom. The van der Waals surface area contributed by atoms with Gasteiger partial charge in [0.05, 0.1) is 15.9 Å². The standard InChI is InChI=1S/C13H15N5O5/c1-9(19)16-6-4-10(5-7-16)14-15-12-3-2-11(17(20)21)8-13(12)18(22)23/h2-3,8,15H,4-7H2,1H3. The molecular weight excluding hydrogens is 306 g/mol. The second kappa shape index (κ2) is 6.81. The summed E-state index contributed by atoms with van der Waals surface area (Å²) in [7, 11) is 0. The van der Waals surface area contributed by atoms with Crippen molar-refractivity contribution in [3.05, 3.63) is 38.4 Å². The first-order chi connectivity index (χ1) is 10.9. The number of carbonyl (C=O) groups excluding carboxylic acids is 1. The van der Waals surface area contributed by atoms with Crippen molar-refractivity contribution in [2.45, 2.75) is 19.8 Å². The van der Waals surface area contributed by atoms with E-state index in [1.54, 1.807) is 4.90 Å². The van der Waals surface area contributed by atoms with Crippen LogP contribution in [0.5, 0.6) is 0 Å². The van der Waals surface area contributed by atoms with Gasteiger partial charge >= 0.3 is 5.69 Å². The van der Waals surface area contributed by atoms with Gasteiger partial charge in [-0.15, -0.1) is 0 Å². The minimum absolute atomic E-state index is 0.00279. The Labute approximate surface area is 131 Å². The third kappa shape index (κ3) is 3.99. The van der Waals surface area contributed by atoms with Gasteiger partial charge < -0.3 is 4.90 Å². The molecule has 0 radical (unpaired) electrons. The van der Waals surface area contributed by atoms with Crippen LogP contribution in [0.4, 0.5) is 17.1 Å². The van der Waals surface area contributed by atoms with E-state index in [0.717, 1.165) is 11.8 Å². The molecule has 0 atom stereocenters. The monoisotopic (exact) mass is 321 g/mol. The van der Waals surface area contributed by atoms with Crippen LogP contribution in [0.1, 0.15) is 19.8 Å². The molecule has 0 saturated carbocycles. The highest BCUT2D eigenvalue weighted by Crippen LogP contribution is 2.29. The molecule has 0 aliphatic carbocycles. The molecule has 1 saturated heterocycles. The van der Waals surface area contributed by atoms with Crippen LogP contribution in [-0.4, -0.2) is 39.5 Å². The van der Waals surface area contributed by atoms with Crippen molar-refractivity contribution in [1.82, 2.24) is 4.90 Å². The van der Waals surface area contributed by atoms with Gasteiger partial charge in [-0.05, 0) is 6.07 Å². The molecule has 23 heavy (non-hydrogen) atoms. The van der Waals surface area contributed by atoms with Crippen molar-refractivity contribution in [2.75, 3.05) is 18.5 Å². The van der Waals surface area contributed by atoms with E-state index in [2.05, 4.69) is 10.5 Å². The van der Waals surface area contributed by atoms with Crippen LogP contribution in [0, 0.1) is 20.2 Å². The first kappa shape index (κ1) is 16.3. The number of hydrogen-bond acceptors (Lipinski definition) is 7. The molecule has 10 nitrogen and oxygen atoms in total. The van der Waals surface area contributed by atoms with Crippen LogP contribution in [0.25, 0.3) is 0 Å². The largest absolute Gasteiger partial charge is 0.342 e. The number of likely N-dealkylation sites (tertiary alicyclic amines) is 1. The van der Waals surface area contributed by atoms with Crippen molar-refractivity contribution in [3.8, 4) is 0 Å². The fraction of sp³-hybridized carbons (Fsp3) is 0.385. The zero-order valence-electron chi connectivity index (χ0n) is 12.4. The molecule has 0 aromatic heterocycles. The Balaban J connectivity index is 2.11. The predicted molar refractivity (Wildman–Crippen MR) is 82.3 cm³/mol. The van der Waals surface area contributed by atoms with Crippen LogP contribution in [-0.2, 0) is 4.79 Å². The van der Waals surface area contributed by atoms with Gasteiger partial charge in [0.25, 0.3) is 5.69 Å². The molecule has 1 N–H and O–H groups in total. The highest BCUT2D eigenvalue weighted by molar-refractivity contribution is 5.88. The summed E-state index contributed by atoms with van der Waals surface area (Å²) in [5.74, 6) is 0.00279. The molecule has 10 heteroatoms. The average Bonchev–Trinajstić information content (AvgIpc) is 2.52. The van der Waals surface area contributed by atoms with Gasteiger partial charge in [-0.25, -0.2) is 0 Å². The summed E-state index contributed by atoms with van der Waals surface area (Å²) < 4.78 is 0. The van der Waals surface area contributed by atoms with E-state index < -0.39 is 15.5 Å². The molecule has 1 aliphatic rings. The quantitative estimate of drug-likeness (QED) is 0.665. The SMILES string of the molecule is CC(=O)N1CCC(=NNc2ccc([N+](=O)[O-])cc2[N+](=O)[O-])CC1. The van der Waals surface area contributed by atoms with Crippen LogP contribution >= 0.6 is 0 Å². The molecule has 1 heterocycles. The number of nitrogens with one attached hydrogen (secondary N) is 1. The molecule has 2 rings (SSSR count). The number of rotatable bonds is 4. The molecule has 0 bridgehead atoms. The lowest BCUT2D eigenvalue weighted by Gasteiger charge is -2.26. The summed E-state index contributed by atoms with van der Waals surface area (Å²) in [5.41, 5.74) is 2.70. The lowest BCUT2D eigenvalue weighted by molar-refractivity contribution is -0.393. The molecule has 1 fully saturated rings. The van der Waals surface area contributed by atoms with Crippen LogP contribution in [0.2, 0.25) is 0 Å². The summed E-state index contributed by atoms with van der Waals surface area (Å²) in [6, 6.07) is 3.32. The molecule has 1 aromatic carbocycles. The molecular formula is C13H15N5O5. The number of hydrogen-bond donors (Lipinski definition) is 1. The predicted octanol–water partition coefficient (Wildman–Crippen LogP) is 1.91. The van der Waals surface area contributed by atoms with E-state index in [-0.39, 0.29) is 17.3 Å². The van der Waals surface area contributed by atoms with Crippen molar-refractivity contribution < 1.29 is 14.6 Å². The number of nitro groups is 2. The van der Waals surface area contributed by atoms with Crippen LogP contribution in [0.3, 0.4) is 0 Å². The minimum Gasteiger partial charge on any atom is -0.342 e. The van der Waals surface area contributed by atoms with E-state index in [9.17, 15) is 25.0 Å². The molecule has 1 aromatic rings. The third-order valence-corrected chi connectivity index (χ3v) is 3.51. The van der Waals surface area contributed by atoms with Crippen molar-refractivity contribution in [3.63, 3.8) is 0 Å². The maximum Gasteiger partial charge on any atom is 0.301 e. The molecule has 122 valence electrons. The van der Waals surface area contributed by atoms with E-state index in [4.69, 9.17) is 0 Å². The fourth-order valence-corrected chi connectivity index (χ4v) is 2.21. The number of anilines is 1. The number of hydrazone groups is 1. The molecule has 1 amide bonds. The van der Waals surface area contributed by atoms with Gasteiger partial charge in [0, 0.05) is 44.6 Å². The normalized spacial score (nSPS) is 14.3. The third-order valence-electron chi connectivity index (χ3n) is 3.51. The van der Waals surface area contributed by atoms with Gasteiger partial charge in [0.1, 0.15) is 5.69 Å². The van der Waals surface area contributed by atoms with Crippen LogP contribution < -0.4 is 5.43 Å². The maximum atomic E-state index is 11.2. The van der Waals surface area contributed by atoms with Gasteiger partial charge in [-0.2, -0.15) is 5.10 Å². The number of nitro benzene ring substituents is 2. The van der Waals surface area contributed by atoms with Crippen molar-refractivity contribution in [2.24, 2.45) is 5.10 Å². The van der Waals surface area contributed by atoms with Crippen LogP contribution in [0.15, 0.2) is 23.3 Å². The topological polar surface area (TPSA) is 131 Å². The lowest BCUT2D eigenvalue weighted by atomic mass is 10.1. The Hall–Kier alpha value is -3.04. The first-order valence-electron chi connectivity index (χ1n) is 6.88. The molecule has 1 aliphatic heterocycles. The molecule has 0 unspecified atom stereocenters. The van der Waals surface area contributed by atoms with Gasteiger partial charge in [-0.1, -0.05) is 0 Å². The summed E-state index contributed by atoms with van der Waals surface area (Å²) in [5, 5.41) is 25.8.